The second-order valence-electron chi connectivity index (χ2n) is 5.28. The number of benzene rings is 1. The summed E-state index contributed by atoms with van der Waals surface area (Å²) in [5.41, 5.74) is 0. The van der Waals surface area contributed by atoms with Gasteiger partial charge < -0.3 is 9.94 Å². The van der Waals surface area contributed by atoms with Crippen LogP contribution in [0.4, 0.5) is 0 Å². The Hall–Kier alpha value is -0.830. The number of hydrogen-bond acceptors (Lipinski definition) is 3. The molecule has 106 valence electrons. The first kappa shape index (κ1) is 14.6. The molecule has 0 radical (unpaired) electrons. The van der Waals surface area contributed by atoms with Crippen LogP contribution in [-0.2, 0) is 4.57 Å². The van der Waals surface area contributed by atoms with Crippen LogP contribution in [0.15, 0.2) is 24.3 Å². The quantitative estimate of drug-likeness (QED) is 0.847. The number of rotatable bonds is 2. The SMILES string of the molecule is COc1ccc(P2(=O)CC(C)CCCCN2O)cc1. The van der Waals surface area contributed by atoms with E-state index < -0.39 is 7.29 Å². The van der Waals surface area contributed by atoms with E-state index in [0.717, 1.165) is 29.8 Å². The predicted molar refractivity (Wildman–Crippen MR) is 76.6 cm³/mol. The van der Waals surface area contributed by atoms with Crippen molar-refractivity contribution >= 4 is 12.6 Å². The molecule has 2 atom stereocenters. The maximum Gasteiger partial charge on any atom is 0.200 e. The molecule has 1 N–H and O–H groups in total. The number of nitrogens with zero attached hydrogens (tertiary/aromatic N) is 1. The highest BCUT2D eigenvalue weighted by Gasteiger charge is 2.34. The zero-order chi connectivity index (χ0) is 13.9. The van der Waals surface area contributed by atoms with Gasteiger partial charge in [-0.05, 0) is 36.6 Å². The lowest BCUT2D eigenvalue weighted by Gasteiger charge is -2.31. The molecule has 1 saturated heterocycles. The van der Waals surface area contributed by atoms with Crippen molar-refractivity contribution in [2.45, 2.75) is 26.2 Å². The van der Waals surface area contributed by atoms with Crippen LogP contribution in [0.5, 0.6) is 5.75 Å². The van der Waals surface area contributed by atoms with Gasteiger partial charge in [0.2, 0.25) is 7.29 Å². The average molecular weight is 283 g/mol. The second kappa shape index (κ2) is 6.08. The topological polar surface area (TPSA) is 49.8 Å². The van der Waals surface area contributed by atoms with Crippen molar-refractivity contribution < 1.29 is 14.5 Å². The molecule has 19 heavy (non-hydrogen) atoms. The summed E-state index contributed by atoms with van der Waals surface area (Å²) in [4.78, 5) is 1.09. The van der Waals surface area contributed by atoms with Gasteiger partial charge in [-0.25, -0.2) is 0 Å². The van der Waals surface area contributed by atoms with E-state index in [0.29, 0.717) is 23.9 Å². The fraction of sp³-hybridized carbons (Fsp3) is 0.571. The van der Waals surface area contributed by atoms with Gasteiger partial charge in [0.1, 0.15) is 5.75 Å². The summed E-state index contributed by atoms with van der Waals surface area (Å²) in [6.45, 7) is 2.59. The normalized spacial score (nSPS) is 29.5. The predicted octanol–water partition coefficient (Wildman–Crippen LogP) is 3.11. The maximum atomic E-state index is 13.2. The summed E-state index contributed by atoms with van der Waals surface area (Å²) in [7, 11) is -1.28. The van der Waals surface area contributed by atoms with Gasteiger partial charge in [-0.3, -0.25) is 4.57 Å². The van der Waals surface area contributed by atoms with Crippen molar-refractivity contribution in [2.24, 2.45) is 5.92 Å². The van der Waals surface area contributed by atoms with Gasteiger partial charge in [-0.1, -0.05) is 19.8 Å². The summed E-state index contributed by atoms with van der Waals surface area (Å²) in [6, 6.07) is 7.20. The molecule has 1 fully saturated rings. The Morgan fingerprint density at radius 2 is 2.00 bits per heavy atom. The Balaban J connectivity index is 2.32. The van der Waals surface area contributed by atoms with Crippen molar-refractivity contribution in [1.29, 1.82) is 0 Å². The van der Waals surface area contributed by atoms with Gasteiger partial charge >= 0.3 is 0 Å². The van der Waals surface area contributed by atoms with Gasteiger partial charge in [0, 0.05) is 18.0 Å². The molecule has 4 nitrogen and oxygen atoms in total. The van der Waals surface area contributed by atoms with E-state index in [9.17, 15) is 9.77 Å². The second-order valence-corrected chi connectivity index (χ2v) is 8.03. The van der Waals surface area contributed by atoms with E-state index in [-0.39, 0.29) is 0 Å². The smallest absolute Gasteiger partial charge is 0.200 e. The van der Waals surface area contributed by atoms with Crippen LogP contribution in [-0.4, -0.2) is 29.9 Å². The van der Waals surface area contributed by atoms with Crippen molar-refractivity contribution in [3.63, 3.8) is 0 Å². The summed E-state index contributed by atoms with van der Waals surface area (Å²) in [6.07, 6.45) is 3.59. The van der Waals surface area contributed by atoms with E-state index in [1.807, 2.05) is 0 Å². The zero-order valence-corrected chi connectivity index (χ0v) is 12.5. The Kier molecular flexibility index (Phi) is 4.67. The minimum atomic E-state index is -2.88. The maximum absolute atomic E-state index is 13.2. The molecule has 1 heterocycles. The Morgan fingerprint density at radius 3 is 2.63 bits per heavy atom. The van der Waals surface area contributed by atoms with Crippen LogP contribution in [0.25, 0.3) is 0 Å². The molecule has 1 aromatic carbocycles. The summed E-state index contributed by atoms with van der Waals surface area (Å²) >= 11 is 0. The average Bonchev–Trinajstić information content (AvgIpc) is 2.42. The molecular weight excluding hydrogens is 261 g/mol. The van der Waals surface area contributed by atoms with Gasteiger partial charge in [0.15, 0.2) is 0 Å². The van der Waals surface area contributed by atoms with Crippen molar-refractivity contribution in [3.8, 4) is 5.75 Å². The zero-order valence-electron chi connectivity index (χ0n) is 11.6. The molecule has 0 spiro atoms. The Bertz CT molecular complexity index is 460. The number of hydroxylamine groups is 1. The lowest BCUT2D eigenvalue weighted by atomic mass is 10.1. The van der Waals surface area contributed by atoms with Crippen LogP contribution in [0.2, 0.25) is 0 Å². The standard InChI is InChI=1S/C14H22NO3P/c1-12-5-3-4-10-15(16)19(17,11-12)14-8-6-13(18-2)7-9-14/h6-9,12,16H,3-5,10-11H2,1-2H3. The highest BCUT2D eigenvalue weighted by atomic mass is 31.2. The lowest BCUT2D eigenvalue weighted by Crippen LogP contribution is -2.29. The minimum Gasteiger partial charge on any atom is -0.497 e. The molecule has 0 aliphatic carbocycles. The largest absolute Gasteiger partial charge is 0.497 e. The molecule has 0 aromatic heterocycles. The van der Waals surface area contributed by atoms with Crippen molar-refractivity contribution in [3.05, 3.63) is 24.3 Å². The van der Waals surface area contributed by atoms with Gasteiger partial charge in [0.25, 0.3) is 0 Å². The molecule has 2 rings (SSSR count). The molecule has 5 heteroatoms. The molecule has 1 aromatic rings. The first-order valence-electron chi connectivity index (χ1n) is 6.77. The number of ether oxygens (including phenoxy) is 1. The monoisotopic (exact) mass is 283 g/mol. The van der Waals surface area contributed by atoms with E-state index in [4.69, 9.17) is 4.74 Å². The number of methoxy groups -OCH3 is 1. The summed E-state index contributed by atoms with van der Waals surface area (Å²) in [5.74, 6) is 1.10. The highest BCUT2D eigenvalue weighted by Crippen LogP contribution is 2.50. The van der Waals surface area contributed by atoms with Gasteiger partial charge in [0.05, 0.1) is 7.11 Å². The fourth-order valence-electron chi connectivity index (χ4n) is 2.57. The molecule has 2 unspecified atom stereocenters. The summed E-state index contributed by atoms with van der Waals surface area (Å²) in [5, 5.41) is 10.9. The lowest BCUT2D eigenvalue weighted by molar-refractivity contribution is -0.00212. The minimum absolute atomic E-state index is 0.364. The first-order chi connectivity index (χ1) is 9.06. The Labute approximate surface area is 114 Å². The van der Waals surface area contributed by atoms with E-state index in [2.05, 4.69) is 6.92 Å². The first-order valence-corrected chi connectivity index (χ1v) is 8.61. The molecule has 1 aliphatic rings. The fourth-order valence-corrected chi connectivity index (χ4v) is 5.34. The van der Waals surface area contributed by atoms with E-state index in [1.165, 1.54) is 0 Å². The van der Waals surface area contributed by atoms with Crippen LogP contribution in [0.1, 0.15) is 26.2 Å². The molecular formula is C14H22NO3P. The Morgan fingerprint density at radius 1 is 1.32 bits per heavy atom. The van der Waals surface area contributed by atoms with Gasteiger partial charge in [-0.15, -0.1) is 4.83 Å². The van der Waals surface area contributed by atoms with E-state index >= 15 is 0 Å². The third-order valence-electron chi connectivity index (χ3n) is 3.71. The molecule has 0 amide bonds. The van der Waals surface area contributed by atoms with Crippen LogP contribution < -0.4 is 10.0 Å². The molecule has 0 saturated carbocycles. The summed E-state index contributed by atoms with van der Waals surface area (Å²) < 4.78 is 18.3. The third kappa shape index (κ3) is 3.19. The van der Waals surface area contributed by atoms with Crippen molar-refractivity contribution in [1.82, 2.24) is 4.83 Å². The molecule has 1 aliphatic heterocycles. The third-order valence-corrected chi connectivity index (χ3v) is 6.88. The van der Waals surface area contributed by atoms with Crippen LogP contribution >= 0.6 is 7.29 Å². The van der Waals surface area contributed by atoms with Crippen LogP contribution in [0.3, 0.4) is 0 Å². The van der Waals surface area contributed by atoms with Gasteiger partial charge in [-0.2, -0.15) is 0 Å². The van der Waals surface area contributed by atoms with Crippen molar-refractivity contribution in [2.75, 3.05) is 19.8 Å². The highest BCUT2D eigenvalue weighted by molar-refractivity contribution is 7.69. The number of hydrogen-bond donors (Lipinski definition) is 1. The van der Waals surface area contributed by atoms with E-state index in [1.54, 1.807) is 31.4 Å². The molecule has 0 bridgehead atoms. The van der Waals surface area contributed by atoms with Crippen LogP contribution in [0, 0.1) is 5.92 Å².